The van der Waals surface area contributed by atoms with Gasteiger partial charge in [-0.3, -0.25) is 4.79 Å². The van der Waals surface area contributed by atoms with Gasteiger partial charge in [-0.2, -0.15) is 0 Å². The average molecular weight is 290 g/mol. The van der Waals surface area contributed by atoms with Gasteiger partial charge >= 0.3 is 0 Å². The summed E-state index contributed by atoms with van der Waals surface area (Å²) in [5.41, 5.74) is 1.94. The van der Waals surface area contributed by atoms with Crippen molar-refractivity contribution in [1.29, 1.82) is 0 Å². The second kappa shape index (κ2) is 4.04. The third kappa shape index (κ3) is 1.82. The quantitative estimate of drug-likeness (QED) is 0.396. The predicted octanol–water partition coefficient (Wildman–Crippen LogP) is -3.20. The van der Waals surface area contributed by atoms with E-state index in [2.05, 4.69) is 5.32 Å². The van der Waals surface area contributed by atoms with Gasteiger partial charge in [0.2, 0.25) is 0 Å². The molecule has 1 aliphatic rings. The molecule has 70 valence electrons. The first-order valence-electron chi connectivity index (χ1n) is 4.05. The average Bonchev–Trinajstić information content (AvgIpc) is 2.07. The van der Waals surface area contributed by atoms with Gasteiger partial charge in [0.25, 0.3) is 5.91 Å². The number of nitrogens with one attached hydrogen (secondary N) is 1. The molecular formula is C9H11IN2O. The minimum atomic E-state index is 0. The lowest BCUT2D eigenvalue weighted by Gasteiger charge is -2.12. The van der Waals surface area contributed by atoms with E-state index in [-0.39, 0.29) is 29.9 Å². The molecule has 3 nitrogen and oxygen atoms in total. The number of rotatable bonds is 0. The summed E-state index contributed by atoms with van der Waals surface area (Å²) in [4.78, 5) is 11.3. The number of aryl methyl sites for hydroxylation is 1. The van der Waals surface area contributed by atoms with Crippen LogP contribution in [0, 0.1) is 0 Å². The molecule has 0 aliphatic carbocycles. The van der Waals surface area contributed by atoms with Crippen molar-refractivity contribution < 1.29 is 33.3 Å². The van der Waals surface area contributed by atoms with Gasteiger partial charge in [-0.15, -0.1) is 0 Å². The van der Waals surface area contributed by atoms with Crippen molar-refractivity contribution in [2.24, 2.45) is 7.05 Å². The smallest absolute Gasteiger partial charge is 0.257 e. The Morgan fingerprint density at radius 3 is 3.00 bits per heavy atom. The molecule has 2 heterocycles. The maximum atomic E-state index is 11.3. The number of halogens is 1. The molecule has 0 bridgehead atoms. The molecule has 4 heteroatoms. The Balaban J connectivity index is 0.000000845. The molecule has 1 aromatic heterocycles. The summed E-state index contributed by atoms with van der Waals surface area (Å²) in [6.07, 6.45) is 2.90. The van der Waals surface area contributed by atoms with Gasteiger partial charge in [-0.25, -0.2) is 4.57 Å². The molecule has 0 spiro atoms. The van der Waals surface area contributed by atoms with Crippen molar-refractivity contribution in [3.8, 4) is 0 Å². The maximum Gasteiger partial charge on any atom is 0.257 e. The molecule has 1 aliphatic heterocycles. The van der Waals surface area contributed by atoms with E-state index in [0.29, 0.717) is 0 Å². The van der Waals surface area contributed by atoms with Gasteiger partial charge in [-0.05, 0) is 6.07 Å². The minimum absolute atomic E-state index is 0. The van der Waals surface area contributed by atoms with Gasteiger partial charge in [0, 0.05) is 12.6 Å². The number of aromatic nitrogens is 1. The first-order valence-corrected chi connectivity index (χ1v) is 4.05. The monoisotopic (exact) mass is 290 g/mol. The van der Waals surface area contributed by atoms with Crippen LogP contribution in [-0.4, -0.2) is 12.5 Å². The second-order valence-corrected chi connectivity index (χ2v) is 2.99. The lowest BCUT2D eigenvalue weighted by Crippen LogP contribution is -3.00. The molecule has 0 aromatic carbocycles. The highest BCUT2D eigenvalue weighted by Gasteiger charge is 2.22. The number of amides is 1. The molecule has 0 fully saturated rings. The summed E-state index contributed by atoms with van der Waals surface area (Å²) in [6.45, 7) is 0.754. The fraction of sp³-hybridized carbons (Fsp3) is 0.333. The first kappa shape index (κ1) is 10.4. The van der Waals surface area contributed by atoms with Crippen LogP contribution in [0.2, 0.25) is 0 Å². The van der Waals surface area contributed by atoms with Crippen LogP contribution in [-0.2, 0) is 13.5 Å². The highest BCUT2D eigenvalue weighted by Crippen LogP contribution is 2.07. The zero-order valence-corrected chi connectivity index (χ0v) is 9.54. The highest BCUT2D eigenvalue weighted by molar-refractivity contribution is 5.95. The largest absolute Gasteiger partial charge is 1.00 e. The predicted molar refractivity (Wildman–Crippen MR) is 43.7 cm³/mol. The highest BCUT2D eigenvalue weighted by atomic mass is 127. The summed E-state index contributed by atoms with van der Waals surface area (Å²) in [5.74, 6) is 0.0486. The zero-order chi connectivity index (χ0) is 8.55. The fourth-order valence-corrected chi connectivity index (χ4v) is 1.55. The van der Waals surface area contributed by atoms with Crippen LogP contribution in [0.4, 0.5) is 0 Å². The standard InChI is InChI=1S/C9H10N2O.HI/c1-11-6-2-3-7-8(11)4-5-10-9(7)12;/h2-3,6H,4-5H2,1H3;1H. The van der Waals surface area contributed by atoms with E-state index in [1.165, 1.54) is 0 Å². The van der Waals surface area contributed by atoms with E-state index in [1.807, 2.05) is 29.9 Å². The van der Waals surface area contributed by atoms with Crippen LogP contribution in [0.15, 0.2) is 18.3 Å². The van der Waals surface area contributed by atoms with Crippen molar-refractivity contribution in [3.63, 3.8) is 0 Å². The van der Waals surface area contributed by atoms with Crippen molar-refractivity contribution in [2.75, 3.05) is 6.54 Å². The van der Waals surface area contributed by atoms with Crippen molar-refractivity contribution >= 4 is 5.91 Å². The Bertz CT molecular complexity index is 338. The van der Waals surface area contributed by atoms with Gasteiger partial charge in [-0.1, -0.05) is 0 Å². The van der Waals surface area contributed by atoms with Crippen LogP contribution < -0.4 is 33.9 Å². The molecule has 0 unspecified atom stereocenters. The fourth-order valence-electron chi connectivity index (χ4n) is 1.55. The number of pyridine rings is 1. The summed E-state index contributed by atoms with van der Waals surface area (Å²) < 4.78 is 2.01. The Morgan fingerprint density at radius 1 is 1.54 bits per heavy atom. The van der Waals surface area contributed by atoms with Crippen LogP contribution in [0.5, 0.6) is 0 Å². The van der Waals surface area contributed by atoms with Crippen molar-refractivity contribution in [3.05, 3.63) is 29.6 Å². The summed E-state index contributed by atoms with van der Waals surface area (Å²) in [6, 6.07) is 3.76. The number of hydrogen-bond donors (Lipinski definition) is 1. The molecule has 0 saturated carbocycles. The molecule has 1 amide bonds. The molecule has 1 N–H and O–H groups in total. The maximum absolute atomic E-state index is 11.3. The Kier molecular flexibility index (Phi) is 3.24. The van der Waals surface area contributed by atoms with Crippen LogP contribution in [0.1, 0.15) is 16.1 Å². The Hall–Kier alpha value is -0.650. The van der Waals surface area contributed by atoms with Crippen LogP contribution in [0.3, 0.4) is 0 Å². The zero-order valence-electron chi connectivity index (χ0n) is 7.38. The molecule has 0 radical (unpaired) electrons. The van der Waals surface area contributed by atoms with E-state index < -0.39 is 0 Å². The minimum Gasteiger partial charge on any atom is -1.00 e. The summed E-state index contributed by atoms with van der Waals surface area (Å²) in [5, 5.41) is 2.81. The molecule has 1 aromatic rings. The van der Waals surface area contributed by atoms with E-state index >= 15 is 0 Å². The second-order valence-electron chi connectivity index (χ2n) is 2.99. The number of fused-ring (bicyclic) bond motifs is 1. The van der Waals surface area contributed by atoms with E-state index in [4.69, 9.17) is 0 Å². The lowest BCUT2D eigenvalue weighted by molar-refractivity contribution is -0.679. The van der Waals surface area contributed by atoms with E-state index in [0.717, 1.165) is 24.2 Å². The van der Waals surface area contributed by atoms with Gasteiger partial charge < -0.3 is 29.3 Å². The molecule has 0 saturated heterocycles. The summed E-state index contributed by atoms with van der Waals surface area (Å²) in [7, 11) is 1.97. The number of nitrogens with zero attached hydrogens (tertiary/aromatic N) is 1. The molecule has 13 heavy (non-hydrogen) atoms. The first-order chi connectivity index (χ1) is 5.79. The van der Waals surface area contributed by atoms with Gasteiger partial charge in [0.05, 0.1) is 6.42 Å². The van der Waals surface area contributed by atoms with E-state index in [9.17, 15) is 4.79 Å². The Labute approximate surface area is 94.2 Å². The summed E-state index contributed by atoms with van der Waals surface area (Å²) >= 11 is 0. The van der Waals surface area contributed by atoms with Crippen LogP contribution >= 0.6 is 0 Å². The number of carbonyl (C=O) groups is 1. The molecule has 2 rings (SSSR count). The number of hydrogen-bond acceptors (Lipinski definition) is 1. The third-order valence-corrected chi connectivity index (χ3v) is 2.20. The SMILES string of the molecule is C[n+]1cccc2c1CCNC2=O.[I-]. The van der Waals surface area contributed by atoms with Gasteiger partial charge in [0.1, 0.15) is 12.6 Å². The van der Waals surface area contributed by atoms with E-state index in [1.54, 1.807) is 0 Å². The van der Waals surface area contributed by atoms with Crippen molar-refractivity contribution in [2.45, 2.75) is 6.42 Å². The Morgan fingerprint density at radius 2 is 2.31 bits per heavy atom. The molecular weight excluding hydrogens is 279 g/mol. The normalized spacial score (nSPS) is 14.1. The van der Waals surface area contributed by atoms with Crippen molar-refractivity contribution in [1.82, 2.24) is 5.32 Å². The molecule has 0 atom stereocenters. The number of carbonyl (C=O) groups excluding carboxylic acids is 1. The third-order valence-electron chi connectivity index (χ3n) is 2.20. The lowest BCUT2D eigenvalue weighted by atomic mass is 10.1. The van der Waals surface area contributed by atoms with Gasteiger partial charge in [0.15, 0.2) is 11.9 Å². The topological polar surface area (TPSA) is 33.0 Å². The van der Waals surface area contributed by atoms with Crippen LogP contribution in [0.25, 0.3) is 0 Å².